The minimum absolute atomic E-state index is 0.0687. The second-order valence-corrected chi connectivity index (χ2v) is 8.30. The first kappa shape index (κ1) is 19.2. The van der Waals surface area contributed by atoms with Gasteiger partial charge < -0.3 is 5.32 Å². The molecule has 2 rings (SSSR count). The molecule has 2 aromatic carbocycles. The number of carbonyl (C=O) groups excluding carboxylic acids is 1. The van der Waals surface area contributed by atoms with E-state index in [1.165, 1.54) is 0 Å². The zero-order valence-electron chi connectivity index (χ0n) is 13.2. The number of carbonyl (C=O) groups is 1. The molecule has 0 bridgehead atoms. The van der Waals surface area contributed by atoms with Gasteiger partial charge in [-0.3, -0.25) is 15.6 Å². The number of hydrogen-bond donors (Lipinski definition) is 3. The zero-order valence-corrected chi connectivity index (χ0v) is 15.6. The third-order valence-electron chi connectivity index (χ3n) is 3.02. The average Bonchev–Trinajstić information content (AvgIpc) is 2.52. The molecule has 0 saturated carbocycles. The average molecular weight is 398 g/mol. The van der Waals surface area contributed by atoms with Crippen molar-refractivity contribution in [3.8, 4) is 0 Å². The predicted octanol–water partition coefficient (Wildman–Crippen LogP) is 2.52. The van der Waals surface area contributed by atoms with Gasteiger partial charge in [-0.05, 0) is 48.1 Å². The highest BCUT2D eigenvalue weighted by atomic mass is 35.5. The fourth-order valence-corrected chi connectivity index (χ4v) is 3.13. The Kier molecular flexibility index (Phi) is 6.35. The van der Waals surface area contributed by atoms with Crippen molar-refractivity contribution in [2.45, 2.75) is 5.75 Å². The number of sulfone groups is 1. The Morgan fingerprint density at radius 3 is 2.40 bits per heavy atom. The Balaban J connectivity index is 1.88. The second kappa shape index (κ2) is 8.28. The number of hydrogen-bond acceptors (Lipinski definition) is 4. The molecule has 0 heterocycles. The number of hydrazine groups is 1. The first-order chi connectivity index (χ1) is 11.7. The van der Waals surface area contributed by atoms with E-state index in [1.54, 1.807) is 48.5 Å². The molecule has 0 aliphatic rings. The van der Waals surface area contributed by atoms with Gasteiger partial charge in [0.05, 0.1) is 5.75 Å². The van der Waals surface area contributed by atoms with Crippen molar-refractivity contribution in [1.29, 1.82) is 0 Å². The standard InChI is InChI=1S/C16H16ClN3O3S2/c1-25(22,23)10-11-5-7-12(8-6-11)15(21)19-20-16(24)18-14-4-2-3-13(17)9-14/h2-9H,10H2,1H3,(H,19,21)(H2,18,20,24). The molecule has 0 aliphatic heterocycles. The first-order valence-electron chi connectivity index (χ1n) is 7.12. The van der Waals surface area contributed by atoms with Crippen LogP contribution in [0.1, 0.15) is 15.9 Å². The second-order valence-electron chi connectivity index (χ2n) is 5.31. The maximum atomic E-state index is 12.1. The molecule has 6 nitrogen and oxygen atoms in total. The summed E-state index contributed by atoms with van der Waals surface area (Å²) < 4.78 is 22.5. The summed E-state index contributed by atoms with van der Waals surface area (Å²) in [5, 5.41) is 3.64. The van der Waals surface area contributed by atoms with Crippen LogP contribution in [-0.2, 0) is 15.6 Å². The number of anilines is 1. The number of thiocarbonyl (C=S) groups is 1. The summed E-state index contributed by atoms with van der Waals surface area (Å²) in [6.45, 7) is 0. The van der Waals surface area contributed by atoms with E-state index in [4.69, 9.17) is 23.8 Å². The van der Waals surface area contributed by atoms with E-state index in [1.807, 2.05) is 0 Å². The van der Waals surface area contributed by atoms with E-state index in [9.17, 15) is 13.2 Å². The largest absolute Gasteiger partial charge is 0.331 e. The molecule has 2 aromatic rings. The van der Waals surface area contributed by atoms with Gasteiger partial charge in [0.2, 0.25) is 0 Å². The van der Waals surface area contributed by atoms with E-state index in [0.29, 0.717) is 21.8 Å². The highest BCUT2D eigenvalue weighted by Crippen LogP contribution is 2.14. The smallest absolute Gasteiger partial charge is 0.269 e. The van der Waals surface area contributed by atoms with Gasteiger partial charge in [-0.25, -0.2) is 8.42 Å². The van der Waals surface area contributed by atoms with E-state index < -0.39 is 15.7 Å². The molecule has 0 radical (unpaired) electrons. The molecule has 3 N–H and O–H groups in total. The van der Waals surface area contributed by atoms with Crippen molar-refractivity contribution in [3.05, 3.63) is 64.7 Å². The first-order valence-corrected chi connectivity index (χ1v) is 9.97. The maximum Gasteiger partial charge on any atom is 0.269 e. The molecular weight excluding hydrogens is 382 g/mol. The predicted molar refractivity (Wildman–Crippen MR) is 103 cm³/mol. The van der Waals surface area contributed by atoms with Crippen LogP contribution in [0.4, 0.5) is 5.69 Å². The Morgan fingerprint density at radius 2 is 1.80 bits per heavy atom. The van der Waals surface area contributed by atoms with Crippen LogP contribution >= 0.6 is 23.8 Å². The lowest BCUT2D eigenvalue weighted by Crippen LogP contribution is -2.43. The highest BCUT2D eigenvalue weighted by Gasteiger charge is 2.08. The molecule has 132 valence electrons. The third-order valence-corrected chi connectivity index (χ3v) is 4.31. The summed E-state index contributed by atoms with van der Waals surface area (Å²) >= 11 is 11.0. The SMILES string of the molecule is CS(=O)(=O)Cc1ccc(C(=O)NNC(=S)Nc2cccc(Cl)c2)cc1. The van der Waals surface area contributed by atoms with Crippen molar-refractivity contribution in [2.75, 3.05) is 11.6 Å². The van der Waals surface area contributed by atoms with E-state index in [-0.39, 0.29) is 10.9 Å². The lowest BCUT2D eigenvalue weighted by atomic mass is 10.1. The minimum atomic E-state index is -3.11. The number of amides is 1. The van der Waals surface area contributed by atoms with E-state index in [2.05, 4.69) is 16.2 Å². The molecule has 0 aromatic heterocycles. The number of rotatable bonds is 4. The summed E-state index contributed by atoms with van der Waals surface area (Å²) in [5.41, 5.74) is 6.71. The summed E-state index contributed by atoms with van der Waals surface area (Å²) in [6.07, 6.45) is 1.16. The van der Waals surface area contributed by atoms with Crippen LogP contribution in [0, 0.1) is 0 Å². The normalized spacial score (nSPS) is 10.8. The van der Waals surface area contributed by atoms with Gasteiger partial charge in [-0.2, -0.15) is 0 Å². The maximum absolute atomic E-state index is 12.1. The van der Waals surface area contributed by atoms with Crippen LogP contribution in [0.2, 0.25) is 5.02 Å². The van der Waals surface area contributed by atoms with Crippen LogP contribution < -0.4 is 16.2 Å². The van der Waals surface area contributed by atoms with Crippen LogP contribution in [0.3, 0.4) is 0 Å². The molecule has 25 heavy (non-hydrogen) atoms. The Hall–Kier alpha value is -2.16. The molecule has 0 fully saturated rings. The number of benzene rings is 2. The fraction of sp³-hybridized carbons (Fsp3) is 0.125. The number of nitrogens with one attached hydrogen (secondary N) is 3. The quantitative estimate of drug-likeness (QED) is 0.542. The van der Waals surface area contributed by atoms with Crippen molar-refractivity contribution in [1.82, 2.24) is 10.9 Å². The van der Waals surface area contributed by atoms with Crippen molar-refractivity contribution in [3.63, 3.8) is 0 Å². The van der Waals surface area contributed by atoms with Crippen molar-refractivity contribution >= 4 is 50.4 Å². The minimum Gasteiger partial charge on any atom is -0.331 e. The van der Waals surface area contributed by atoms with Crippen LogP contribution in [0.15, 0.2) is 48.5 Å². The molecule has 1 amide bonds. The lowest BCUT2D eigenvalue weighted by molar-refractivity contribution is 0.0944. The molecule has 0 unspecified atom stereocenters. The van der Waals surface area contributed by atoms with Gasteiger partial charge in [-0.1, -0.05) is 29.8 Å². The Morgan fingerprint density at radius 1 is 1.12 bits per heavy atom. The zero-order chi connectivity index (χ0) is 18.4. The monoisotopic (exact) mass is 397 g/mol. The van der Waals surface area contributed by atoms with Crippen LogP contribution in [0.5, 0.6) is 0 Å². The summed E-state index contributed by atoms with van der Waals surface area (Å²) in [6, 6.07) is 13.3. The van der Waals surface area contributed by atoms with E-state index in [0.717, 1.165) is 6.26 Å². The van der Waals surface area contributed by atoms with Crippen molar-refractivity contribution in [2.24, 2.45) is 0 Å². The third kappa shape index (κ3) is 6.69. The van der Waals surface area contributed by atoms with Gasteiger partial charge in [0.15, 0.2) is 14.9 Å². The molecule has 0 spiro atoms. The number of halogens is 1. The van der Waals surface area contributed by atoms with Crippen LogP contribution in [0.25, 0.3) is 0 Å². The molecule has 9 heteroatoms. The molecular formula is C16H16ClN3O3S2. The summed E-state index contributed by atoms with van der Waals surface area (Å²) in [5.74, 6) is -0.470. The molecule has 0 saturated heterocycles. The van der Waals surface area contributed by atoms with Gasteiger partial charge in [0, 0.05) is 22.5 Å². The summed E-state index contributed by atoms with van der Waals surface area (Å²) in [7, 11) is -3.11. The molecule has 0 aliphatic carbocycles. The van der Waals surface area contributed by atoms with Gasteiger partial charge in [0.25, 0.3) is 5.91 Å². The fourth-order valence-electron chi connectivity index (χ4n) is 1.97. The van der Waals surface area contributed by atoms with Crippen LogP contribution in [-0.4, -0.2) is 25.7 Å². The lowest BCUT2D eigenvalue weighted by Gasteiger charge is -2.12. The Bertz CT molecular complexity index is 884. The van der Waals surface area contributed by atoms with Gasteiger partial charge >= 0.3 is 0 Å². The highest BCUT2D eigenvalue weighted by molar-refractivity contribution is 7.89. The Labute approximate surface area is 156 Å². The van der Waals surface area contributed by atoms with Gasteiger partial charge in [-0.15, -0.1) is 0 Å². The molecule has 0 atom stereocenters. The van der Waals surface area contributed by atoms with E-state index >= 15 is 0 Å². The van der Waals surface area contributed by atoms with Gasteiger partial charge in [0.1, 0.15) is 0 Å². The topological polar surface area (TPSA) is 87.3 Å². The van der Waals surface area contributed by atoms with Crippen molar-refractivity contribution < 1.29 is 13.2 Å². The summed E-state index contributed by atoms with van der Waals surface area (Å²) in [4.78, 5) is 12.1.